The number of rotatable bonds is 4. The predicted molar refractivity (Wildman–Crippen MR) is 112 cm³/mol. The first-order valence-corrected chi connectivity index (χ1v) is 12.1. The van der Waals surface area contributed by atoms with Gasteiger partial charge in [-0.2, -0.15) is 0 Å². The van der Waals surface area contributed by atoms with Crippen molar-refractivity contribution in [3.63, 3.8) is 0 Å². The number of carbonyl (C=O) groups excluding carboxylic acids is 1. The first-order chi connectivity index (χ1) is 13.5. The Bertz CT molecular complexity index is 769. The topological polar surface area (TPSA) is 62.2 Å². The van der Waals surface area contributed by atoms with Gasteiger partial charge in [0.2, 0.25) is 0 Å². The first-order valence-electron chi connectivity index (χ1n) is 10.9. The summed E-state index contributed by atoms with van der Waals surface area (Å²) in [5, 5.41) is 16.0. The Hall–Kier alpha value is -0.780. The number of hydrogen-bond donors (Lipinski definition) is 2. The lowest BCUT2D eigenvalue weighted by molar-refractivity contribution is -0.00594. The van der Waals surface area contributed by atoms with Crippen LogP contribution in [0.3, 0.4) is 0 Å². The van der Waals surface area contributed by atoms with Gasteiger partial charge in [0.1, 0.15) is 10.2 Å². The van der Waals surface area contributed by atoms with Gasteiger partial charge in [-0.05, 0) is 81.3 Å². The SMILES string of the molecule is O=C(N[C@H]1CCC2CC3C[C@@](O)(C2)CC31)c1ccc(Cl)nc1SC1CCCC1. The Morgan fingerprint density at radius 1 is 1.18 bits per heavy atom. The Morgan fingerprint density at radius 2 is 2.00 bits per heavy atom. The molecule has 5 atom stereocenters. The lowest BCUT2D eigenvalue weighted by Gasteiger charge is -2.33. The van der Waals surface area contributed by atoms with Crippen molar-refractivity contribution in [2.24, 2.45) is 17.8 Å². The molecule has 1 aromatic heterocycles. The van der Waals surface area contributed by atoms with Gasteiger partial charge in [0.25, 0.3) is 5.91 Å². The summed E-state index contributed by atoms with van der Waals surface area (Å²) in [5.74, 6) is 1.57. The van der Waals surface area contributed by atoms with Crippen LogP contribution in [-0.4, -0.2) is 32.9 Å². The van der Waals surface area contributed by atoms with Crippen molar-refractivity contribution in [1.82, 2.24) is 10.3 Å². The highest BCUT2D eigenvalue weighted by Gasteiger charge is 2.53. The van der Waals surface area contributed by atoms with Crippen LogP contribution < -0.4 is 5.32 Å². The standard InChI is InChI=1S/C22H29ClN2O2S/c23-19-8-6-16(21(25-19)28-15-3-1-2-4-15)20(26)24-18-7-5-13-9-14-11-22(27,10-13)12-17(14)18/h6,8,13-15,17-18,27H,1-5,7,9-12H2,(H,24,26)/t13?,14?,17?,18-,22-/m0/s1. The smallest absolute Gasteiger partial charge is 0.254 e. The molecular formula is C22H29ClN2O2S. The van der Waals surface area contributed by atoms with Crippen LogP contribution >= 0.6 is 23.4 Å². The van der Waals surface area contributed by atoms with Crippen LogP contribution in [-0.2, 0) is 0 Å². The Labute approximate surface area is 176 Å². The number of halogens is 1. The summed E-state index contributed by atoms with van der Waals surface area (Å²) in [4.78, 5) is 17.7. The number of aliphatic hydroxyl groups is 1. The summed E-state index contributed by atoms with van der Waals surface area (Å²) in [5.41, 5.74) is 0.177. The van der Waals surface area contributed by atoms with Crippen LogP contribution in [0.25, 0.3) is 0 Å². The third-order valence-electron chi connectivity index (χ3n) is 7.54. The molecule has 0 aromatic carbocycles. The Balaban J connectivity index is 1.34. The summed E-state index contributed by atoms with van der Waals surface area (Å²) < 4.78 is 0. The van der Waals surface area contributed by atoms with E-state index in [4.69, 9.17) is 11.6 Å². The predicted octanol–water partition coefficient (Wildman–Crippen LogP) is 4.83. The number of amides is 1. The number of nitrogens with zero attached hydrogens (tertiary/aromatic N) is 1. The second-order valence-corrected chi connectivity index (χ2v) is 11.2. The number of fused-ring (bicyclic) bond motifs is 2. The third-order valence-corrected chi connectivity index (χ3v) is 9.09. The summed E-state index contributed by atoms with van der Waals surface area (Å²) in [6, 6.07) is 3.71. The van der Waals surface area contributed by atoms with Crippen LogP contribution in [0.2, 0.25) is 5.15 Å². The van der Waals surface area contributed by atoms with Crippen LogP contribution in [0.4, 0.5) is 0 Å². The molecule has 0 saturated heterocycles. The van der Waals surface area contributed by atoms with Gasteiger partial charge in [0.15, 0.2) is 0 Å². The Kier molecular flexibility index (Phi) is 5.13. The van der Waals surface area contributed by atoms with E-state index in [1.165, 1.54) is 32.1 Å². The summed E-state index contributed by atoms with van der Waals surface area (Å²) in [7, 11) is 0. The monoisotopic (exact) mass is 420 g/mol. The lowest BCUT2D eigenvalue weighted by atomic mass is 9.77. The molecule has 1 aromatic rings. The van der Waals surface area contributed by atoms with Gasteiger partial charge in [-0.25, -0.2) is 4.98 Å². The Morgan fingerprint density at radius 3 is 2.82 bits per heavy atom. The first kappa shape index (κ1) is 19.2. The average Bonchev–Trinajstić information content (AvgIpc) is 3.20. The molecule has 1 amide bonds. The molecule has 0 aliphatic heterocycles. The van der Waals surface area contributed by atoms with E-state index in [-0.39, 0.29) is 11.9 Å². The van der Waals surface area contributed by atoms with E-state index in [0.717, 1.165) is 37.1 Å². The van der Waals surface area contributed by atoms with Gasteiger partial charge in [0.05, 0.1) is 11.2 Å². The van der Waals surface area contributed by atoms with Gasteiger partial charge >= 0.3 is 0 Å². The van der Waals surface area contributed by atoms with E-state index in [1.807, 2.05) is 6.07 Å². The maximum Gasteiger partial charge on any atom is 0.254 e. The molecule has 0 spiro atoms. The highest BCUT2D eigenvalue weighted by molar-refractivity contribution is 7.99. The molecule has 2 N–H and O–H groups in total. The molecule has 4 aliphatic rings. The maximum absolute atomic E-state index is 13.2. The second-order valence-electron chi connectivity index (χ2n) is 9.53. The number of aromatic nitrogens is 1. The van der Waals surface area contributed by atoms with Crippen molar-refractivity contribution in [1.29, 1.82) is 0 Å². The number of carbonyl (C=O) groups is 1. The fraction of sp³-hybridized carbons (Fsp3) is 0.727. The number of nitrogens with one attached hydrogen (secondary N) is 1. The molecule has 5 rings (SSSR count). The number of pyridine rings is 1. The largest absolute Gasteiger partial charge is 0.390 e. The zero-order valence-electron chi connectivity index (χ0n) is 16.2. The third kappa shape index (κ3) is 3.70. The number of hydrogen-bond acceptors (Lipinski definition) is 4. The summed E-state index contributed by atoms with van der Waals surface area (Å²) in [6.45, 7) is 0. The molecule has 4 nitrogen and oxygen atoms in total. The fourth-order valence-electron chi connectivity index (χ4n) is 6.39. The van der Waals surface area contributed by atoms with Gasteiger partial charge < -0.3 is 10.4 Å². The number of thioether (sulfide) groups is 1. The zero-order valence-corrected chi connectivity index (χ0v) is 17.8. The fourth-order valence-corrected chi connectivity index (χ4v) is 7.91. The van der Waals surface area contributed by atoms with E-state index in [9.17, 15) is 9.90 Å². The van der Waals surface area contributed by atoms with E-state index in [0.29, 0.717) is 33.7 Å². The highest BCUT2D eigenvalue weighted by Crippen LogP contribution is 2.55. The van der Waals surface area contributed by atoms with Gasteiger partial charge in [-0.1, -0.05) is 24.4 Å². The van der Waals surface area contributed by atoms with Crippen LogP contribution in [0.1, 0.15) is 74.6 Å². The van der Waals surface area contributed by atoms with Crippen LogP contribution in [0, 0.1) is 17.8 Å². The van der Waals surface area contributed by atoms with Crippen molar-refractivity contribution in [3.8, 4) is 0 Å². The molecule has 28 heavy (non-hydrogen) atoms. The van der Waals surface area contributed by atoms with E-state index in [2.05, 4.69) is 10.3 Å². The molecule has 4 fully saturated rings. The minimum Gasteiger partial charge on any atom is -0.390 e. The minimum absolute atomic E-state index is 0.0251. The maximum atomic E-state index is 13.2. The average molecular weight is 421 g/mol. The van der Waals surface area contributed by atoms with E-state index >= 15 is 0 Å². The molecule has 4 aliphatic carbocycles. The quantitative estimate of drug-likeness (QED) is 0.685. The van der Waals surface area contributed by atoms with Crippen molar-refractivity contribution in [2.45, 2.75) is 86.1 Å². The summed E-state index contributed by atoms with van der Waals surface area (Å²) in [6.07, 6.45) is 11.0. The van der Waals surface area contributed by atoms with Gasteiger partial charge in [-0.3, -0.25) is 4.79 Å². The molecule has 6 heteroatoms. The van der Waals surface area contributed by atoms with Gasteiger partial charge in [-0.15, -0.1) is 11.8 Å². The van der Waals surface area contributed by atoms with Crippen molar-refractivity contribution < 1.29 is 9.90 Å². The van der Waals surface area contributed by atoms with E-state index < -0.39 is 5.60 Å². The summed E-state index contributed by atoms with van der Waals surface area (Å²) >= 11 is 7.86. The molecule has 4 saturated carbocycles. The molecule has 0 radical (unpaired) electrons. The molecule has 3 bridgehead atoms. The molecule has 152 valence electrons. The van der Waals surface area contributed by atoms with Crippen LogP contribution in [0.15, 0.2) is 17.2 Å². The van der Waals surface area contributed by atoms with Crippen molar-refractivity contribution >= 4 is 29.3 Å². The molecule has 3 unspecified atom stereocenters. The molecule has 1 heterocycles. The van der Waals surface area contributed by atoms with E-state index in [1.54, 1.807) is 17.8 Å². The zero-order chi connectivity index (χ0) is 19.3. The lowest BCUT2D eigenvalue weighted by Crippen LogP contribution is -2.42. The second kappa shape index (κ2) is 7.48. The van der Waals surface area contributed by atoms with Gasteiger partial charge in [0, 0.05) is 11.3 Å². The van der Waals surface area contributed by atoms with Crippen LogP contribution in [0.5, 0.6) is 0 Å². The van der Waals surface area contributed by atoms with Crippen molar-refractivity contribution in [2.75, 3.05) is 0 Å². The highest BCUT2D eigenvalue weighted by atomic mass is 35.5. The molecular weight excluding hydrogens is 392 g/mol. The normalized spacial score (nSPS) is 37.2. The minimum atomic E-state index is -0.479. The van der Waals surface area contributed by atoms with Crippen molar-refractivity contribution in [3.05, 3.63) is 22.8 Å².